The highest BCUT2D eigenvalue weighted by Gasteiger charge is 2.18. The summed E-state index contributed by atoms with van der Waals surface area (Å²) in [7, 11) is 0. The van der Waals surface area contributed by atoms with E-state index >= 15 is 0 Å². The van der Waals surface area contributed by atoms with Crippen molar-refractivity contribution in [3.8, 4) is 0 Å². The van der Waals surface area contributed by atoms with Gasteiger partial charge in [-0.15, -0.1) is 0 Å². The SMILES string of the molecule is CCCN(CCBr)C(=O)c1coc2ccccc12. The Morgan fingerprint density at radius 3 is 2.83 bits per heavy atom. The lowest BCUT2D eigenvalue weighted by Gasteiger charge is -2.20. The normalized spacial score (nSPS) is 10.8. The molecule has 0 saturated carbocycles. The first-order chi connectivity index (χ1) is 8.77. The van der Waals surface area contributed by atoms with E-state index in [-0.39, 0.29) is 5.91 Å². The number of alkyl halides is 1. The van der Waals surface area contributed by atoms with Crippen molar-refractivity contribution in [2.24, 2.45) is 0 Å². The molecule has 96 valence electrons. The molecule has 0 fully saturated rings. The molecular weight excluding hydrogens is 294 g/mol. The minimum Gasteiger partial charge on any atom is -0.463 e. The summed E-state index contributed by atoms with van der Waals surface area (Å²) >= 11 is 3.38. The Bertz CT molecular complexity index is 529. The fraction of sp³-hybridized carbons (Fsp3) is 0.357. The molecule has 0 atom stereocenters. The van der Waals surface area contributed by atoms with Gasteiger partial charge in [-0.2, -0.15) is 0 Å². The quantitative estimate of drug-likeness (QED) is 0.789. The van der Waals surface area contributed by atoms with Gasteiger partial charge in [0.05, 0.1) is 5.56 Å². The first kappa shape index (κ1) is 13.1. The van der Waals surface area contributed by atoms with Gasteiger partial charge >= 0.3 is 0 Å². The zero-order valence-corrected chi connectivity index (χ0v) is 11.9. The zero-order chi connectivity index (χ0) is 13.0. The van der Waals surface area contributed by atoms with Crippen molar-refractivity contribution in [1.82, 2.24) is 4.90 Å². The van der Waals surface area contributed by atoms with Crippen LogP contribution in [0.2, 0.25) is 0 Å². The van der Waals surface area contributed by atoms with Gasteiger partial charge in [0.1, 0.15) is 11.8 Å². The van der Waals surface area contributed by atoms with Gasteiger partial charge in [0.2, 0.25) is 0 Å². The lowest BCUT2D eigenvalue weighted by Crippen LogP contribution is -2.33. The van der Waals surface area contributed by atoms with Crippen molar-refractivity contribution >= 4 is 32.8 Å². The fourth-order valence-electron chi connectivity index (χ4n) is 2.00. The van der Waals surface area contributed by atoms with Gasteiger partial charge in [0.15, 0.2) is 0 Å². The van der Waals surface area contributed by atoms with Crippen molar-refractivity contribution in [3.05, 3.63) is 36.1 Å². The maximum Gasteiger partial charge on any atom is 0.257 e. The number of rotatable bonds is 5. The van der Waals surface area contributed by atoms with E-state index in [9.17, 15) is 4.79 Å². The van der Waals surface area contributed by atoms with E-state index < -0.39 is 0 Å². The van der Waals surface area contributed by atoms with E-state index in [4.69, 9.17) is 4.42 Å². The van der Waals surface area contributed by atoms with Crippen LogP contribution in [0.25, 0.3) is 11.0 Å². The molecule has 0 aliphatic rings. The van der Waals surface area contributed by atoms with Gasteiger partial charge in [-0.25, -0.2) is 0 Å². The second kappa shape index (κ2) is 6.05. The highest BCUT2D eigenvalue weighted by Crippen LogP contribution is 2.22. The van der Waals surface area contributed by atoms with E-state index in [0.29, 0.717) is 12.1 Å². The van der Waals surface area contributed by atoms with Crippen molar-refractivity contribution in [1.29, 1.82) is 0 Å². The minimum atomic E-state index is 0.0428. The first-order valence-electron chi connectivity index (χ1n) is 6.09. The van der Waals surface area contributed by atoms with Gasteiger partial charge in [-0.1, -0.05) is 41.1 Å². The second-order valence-corrected chi connectivity index (χ2v) is 4.92. The maximum atomic E-state index is 12.4. The molecule has 0 bridgehead atoms. The number of nitrogens with zero attached hydrogens (tertiary/aromatic N) is 1. The Kier molecular flexibility index (Phi) is 4.42. The van der Waals surface area contributed by atoms with Crippen LogP contribution in [0.3, 0.4) is 0 Å². The average Bonchev–Trinajstić information content (AvgIpc) is 2.81. The number of halogens is 1. The van der Waals surface area contributed by atoms with Crippen LogP contribution in [0, 0.1) is 0 Å². The number of hydrogen-bond donors (Lipinski definition) is 0. The Labute approximate surface area is 115 Å². The topological polar surface area (TPSA) is 33.5 Å². The predicted molar refractivity (Wildman–Crippen MR) is 76.2 cm³/mol. The summed E-state index contributed by atoms with van der Waals surface area (Å²) in [5, 5.41) is 1.67. The molecule has 2 aromatic rings. The number of hydrogen-bond acceptors (Lipinski definition) is 2. The summed E-state index contributed by atoms with van der Waals surface area (Å²) in [5.41, 5.74) is 1.41. The van der Waals surface area contributed by atoms with Crippen LogP contribution in [-0.4, -0.2) is 29.2 Å². The van der Waals surface area contributed by atoms with Crippen LogP contribution >= 0.6 is 15.9 Å². The van der Waals surface area contributed by atoms with E-state index in [1.165, 1.54) is 0 Å². The number of amides is 1. The molecule has 1 aromatic carbocycles. The third-order valence-corrected chi connectivity index (χ3v) is 3.20. The molecule has 0 saturated heterocycles. The molecule has 0 aliphatic heterocycles. The van der Waals surface area contributed by atoms with Crippen molar-refractivity contribution in [3.63, 3.8) is 0 Å². The molecule has 2 rings (SSSR count). The monoisotopic (exact) mass is 309 g/mol. The Morgan fingerprint density at radius 2 is 2.11 bits per heavy atom. The van der Waals surface area contributed by atoms with Gasteiger partial charge in [0.25, 0.3) is 5.91 Å². The smallest absolute Gasteiger partial charge is 0.257 e. The summed E-state index contributed by atoms with van der Waals surface area (Å²) in [6.07, 6.45) is 2.51. The standard InChI is InChI=1S/C14H16BrNO2/c1-2-8-16(9-7-15)14(17)12-10-18-13-6-4-3-5-11(12)13/h3-6,10H,2,7-9H2,1H3. The predicted octanol–water partition coefficient (Wildman–Crippen LogP) is 3.68. The summed E-state index contributed by atoms with van der Waals surface area (Å²) < 4.78 is 5.42. The number of benzene rings is 1. The fourth-order valence-corrected chi connectivity index (χ4v) is 2.43. The highest BCUT2D eigenvalue weighted by atomic mass is 79.9. The van der Waals surface area contributed by atoms with E-state index in [0.717, 1.165) is 29.3 Å². The molecule has 0 spiro atoms. The molecule has 4 heteroatoms. The van der Waals surface area contributed by atoms with E-state index in [1.54, 1.807) is 6.26 Å². The second-order valence-electron chi connectivity index (χ2n) is 4.13. The third kappa shape index (κ3) is 2.58. The van der Waals surface area contributed by atoms with E-state index in [2.05, 4.69) is 22.9 Å². The lowest BCUT2D eigenvalue weighted by molar-refractivity contribution is 0.0767. The summed E-state index contributed by atoms with van der Waals surface area (Å²) in [4.78, 5) is 14.3. The number of para-hydroxylation sites is 1. The van der Waals surface area contributed by atoms with Gasteiger partial charge < -0.3 is 9.32 Å². The summed E-state index contributed by atoms with van der Waals surface area (Å²) in [6.45, 7) is 3.55. The highest BCUT2D eigenvalue weighted by molar-refractivity contribution is 9.09. The van der Waals surface area contributed by atoms with Crippen LogP contribution in [0.5, 0.6) is 0 Å². The number of fused-ring (bicyclic) bond motifs is 1. The van der Waals surface area contributed by atoms with Gasteiger partial charge in [0, 0.05) is 23.8 Å². The third-order valence-electron chi connectivity index (χ3n) is 2.85. The van der Waals surface area contributed by atoms with Crippen molar-refractivity contribution in [2.75, 3.05) is 18.4 Å². The number of carbonyl (C=O) groups is 1. The Balaban J connectivity index is 2.31. The molecule has 0 radical (unpaired) electrons. The molecule has 0 N–H and O–H groups in total. The van der Waals surface area contributed by atoms with Crippen LogP contribution in [0.15, 0.2) is 34.9 Å². The molecule has 3 nitrogen and oxygen atoms in total. The number of carbonyl (C=O) groups excluding carboxylic acids is 1. The lowest BCUT2D eigenvalue weighted by atomic mass is 10.1. The van der Waals surface area contributed by atoms with Crippen LogP contribution in [0.4, 0.5) is 0 Å². The van der Waals surface area contributed by atoms with Crippen LogP contribution < -0.4 is 0 Å². The molecule has 0 unspecified atom stereocenters. The number of furan rings is 1. The van der Waals surface area contributed by atoms with Gasteiger partial charge in [-0.3, -0.25) is 4.79 Å². The molecular formula is C14H16BrNO2. The van der Waals surface area contributed by atoms with Gasteiger partial charge in [-0.05, 0) is 12.5 Å². The molecule has 0 aliphatic carbocycles. The van der Waals surface area contributed by atoms with Crippen molar-refractivity contribution < 1.29 is 9.21 Å². The van der Waals surface area contributed by atoms with Crippen LogP contribution in [-0.2, 0) is 0 Å². The molecule has 1 aromatic heterocycles. The Hall–Kier alpha value is -1.29. The zero-order valence-electron chi connectivity index (χ0n) is 10.4. The molecule has 1 amide bonds. The largest absolute Gasteiger partial charge is 0.463 e. The Morgan fingerprint density at radius 1 is 1.33 bits per heavy atom. The summed E-state index contributed by atoms with van der Waals surface area (Å²) in [5.74, 6) is 0.0428. The summed E-state index contributed by atoms with van der Waals surface area (Å²) in [6, 6.07) is 7.62. The van der Waals surface area contributed by atoms with Crippen molar-refractivity contribution in [2.45, 2.75) is 13.3 Å². The first-order valence-corrected chi connectivity index (χ1v) is 7.21. The molecule has 18 heavy (non-hydrogen) atoms. The van der Waals surface area contributed by atoms with Crippen LogP contribution in [0.1, 0.15) is 23.7 Å². The molecule has 1 heterocycles. The maximum absolute atomic E-state index is 12.4. The minimum absolute atomic E-state index is 0.0428. The average molecular weight is 310 g/mol. The van der Waals surface area contributed by atoms with E-state index in [1.807, 2.05) is 29.2 Å².